The van der Waals surface area contributed by atoms with Gasteiger partial charge < -0.3 is 19.1 Å². The van der Waals surface area contributed by atoms with Gasteiger partial charge in [-0.2, -0.15) is 0 Å². The van der Waals surface area contributed by atoms with Gasteiger partial charge in [-0.05, 0) is 64.3 Å². The molecular weight excluding hydrogens is 580 g/mol. The number of esters is 1. The summed E-state index contributed by atoms with van der Waals surface area (Å²) in [5.41, 5.74) is -1.96. The number of aldehydes is 1. The number of rotatable bonds is 8. The SMILES string of the molecule is CC[C@@]1(C)C[C@@H](OC(=O)CO[Si](c2ccccc2)(c2ccccc2)C(C)(C)C)[C@@]2(C)C3C(=O)CC[C@@]3(CC[C@H]2C)[C@H](C=O)[C@@H]1O. The van der Waals surface area contributed by atoms with Crippen molar-refractivity contribution in [2.45, 2.75) is 104 Å². The molecule has 2 aromatic carbocycles. The molecule has 1 N–H and O–H groups in total. The van der Waals surface area contributed by atoms with E-state index in [1.165, 1.54) is 0 Å². The van der Waals surface area contributed by atoms with Crippen LogP contribution >= 0.6 is 0 Å². The third-order valence-corrected chi connectivity index (χ3v) is 17.6. The Morgan fingerprint density at radius 2 is 1.60 bits per heavy atom. The Morgan fingerprint density at radius 3 is 2.11 bits per heavy atom. The zero-order valence-electron chi connectivity index (χ0n) is 28.2. The number of ether oxygens (including phenoxy) is 1. The van der Waals surface area contributed by atoms with Gasteiger partial charge in [0.25, 0.3) is 8.32 Å². The lowest BCUT2D eigenvalue weighted by atomic mass is 9.43. The fraction of sp³-hybridized carbons (Fsp3) is 0.605. The van der Waals surface area contributed by atoms with E-state index in [9.17, 15) is 19.5 Å². The molecule has 5 rings (SSSR count). The van der Waals surface area contributed by atoms with Crippen LogP contribution in [0.15, 0.2) is 60.7 Å². The van der Waals surface area contributed by atoms with E-state index in [0.29, 0.717) is 25.7 Å². The van der Waals surface area contributed by atoms with Gasteiger partial charge >= 0.3 is 5.97 Å². The molecule has 0 heterocycles. The summed E-state index contributed by atoms with van der Waals surface area (Å²) in [5, 5.41) is 13.7. The normalized spacial score (nSPS) is 35.2. The molecule has 3 saturated carbocycles. The first-order valence-corrected chi connectivity index (χ1v) is 18.7. The molecule has 0 radical (unpaired) electrons. The van der Waals surface area contributed by atoms with Crippen molar-refractivity contribution in [3.63, 3.8) is 0 Å². The van der Waals surface area contributed by atoms with Crippen LogP contribution in [-0.4, -0.2) is 50.3 Å². The molecule has 1 unspecified atom stereocenters. The number of ketones is 1. The van der Waals surface area contributed by atoms with E-state index in [-0.39, 0.29) is 23.3 Å². The van der Waals surface area contributed by atoms with Gasteiger partial charge in [-0.3, -0.25) is 4.79 Å². The third kappa shape index (κ3) is 5.27. The minimum atomic E-state index is -2.98. The summed E-state index contributed by atoms with van der Waals surface area (Å²) in [6.07, 6.45) is 2.89. The topological polar surface area (TPSA) is 89.9 Å². The van der Waals surface area contributed by atoms with Crippen LogP contribution in [0.2, 0.25) is 5.04 Å². The van der Waals surface area contributed by atoms with Crippen LogP contribution in [0.4, 0.5) is 0 Å². The van der Waals surface area contributed by atoms with Crippen molar-refractivity contribution < 1.29 is 28.7 Å². The Hall–Kier alpha value is -2.61. The van der Waals surface area contributed by atoms with E-state index in [2.05, 4.69) is 58.9 Å². The lowest BCUT2D eigenvalue weighted by Gasteiger charge is -2.61. The van der Waals surface area contributed by atoms with Gasteiger partial charge in [0.1, 0.15) is 24.8 Å². The van der Waals surface area contributed by atoms with Crippen molar-refractivity contribution in [1.82, 2.24) is 0 Å². The molecule has 244 valence electrons. The number of Topliss-reactive ketones (excluding diaryl/α,β-unsaturated/α-hetero) is 1. The average Bonchev–Trinajstić information content (AvgIpc) is 3.36. The van der Waals surface area contributed by atoms with E-state index >= 15 is 0 Å². The van der Waals surface area contributed by atoms with Gasteiger partial charge in [-0.25, -0.2) is 4.79 Å². The molecule has 2 aromatic rings. The molecule has 3 aliphatic rings. The average molecular weight is 633 g/mol. The van der Waals surface area contributed by atoms with Gasteiger partial charge in [-0.1, -0.05) is 109 Å². The van der Waals surface area contributed by atoms with Crippen LogP contribution in [0.25, 0.3) is 0 Å². The van der Waals surface area contributed by atoms with Crippen molar-refractivity contribution in [1.29, 1.82) is 0 Å². The van der Waals surface area contributed by atoms with Gasteiger partial charge in [-0.15, -0.1) is 0 Å². The van der Waals surface area contributed by atoms with Crippen LogP contribution in [-0.2, 0) is 23.5 Å². The van der Waals surface area contributed by atoms with Crippen LogP contribution in [0.3, 0.4) is 0 Å². The minimum Gasteiger partial charge on any atom is -0.460 e. The summed E-state index contributed by atoms with van der Waals surface area (Å²) in [7, 11) is -2.98. The second-order valence-corrected chi connectivity index (χ2v) is 20.0. The van der Waals surface area contributed by atoms with E-state index in [1.807, 2.05) is 50.2 Å². The number of hydrogen-bond acceptors (Lipinski definition) is 6. The Bertz CT molecular complexity index is 1350. The molecular formula is C38H52O6Si. The van der Waals surface area contributed by atoms with E-state index in [0.717, 1.165) is 29.5 Å². The predicted molar refractivity (Wildman–Crippen MR) is 179 cm³/mol. The van der Waals surface area contributed by atoms with Crippen LogP contribution < -0.4 is 10.4 Å². The largest absolute Gasteiger partial charge is 0.460 e. The maximum absolute atomic E-state index is 14.1. The summed E-state index contributed by atoms with van der Waals surface area (Å²) in [4.78, 5) is 40.6. The molecule has 0 aliphatic heterocycles. The summed E-state index contributed by atoms with van der Waals surface area (Å²) >= 11 is 0. The highest BCUT2D eigenvalue weighted by Crippen LogP contribution is 2.67. The zero-order valence-corrected chi connectivity index (χ0v) is 29.2. The number of hydrogen-bond donors (Lipinski definition) is 1. The second-order valence-electron chi connectivity index (χ2n) is 15.7. The Labute approximate surface area is 270 Å². The van der Waals surface area contributed by atoms with Crippen LogP contribution in [0, 0.1) is 34.0 Å². The third-order valence-electron chi connectivity index (χ3n) is 12.6. The minimum absolute atomic E-state index is 0.0942. The molecule has 3 fully saturated rings. The van der Waals surface area contributed by atoms with Crippen molar-refractivity contribution in [3.8, 4) is 0 Å². The summed E-state index contributed by atoms with van der Waals surface area (Å²) in [6, 6.07) is 20.4. The van der Waals surface area contributed by atoms with Gasteiger partial charge in [0.05, 0.1) is 6.10 Å². The molecule has 6 nitrogen and oxygen atoms in total. The highest BCUT2D eigenvalue weighted by Gasteiger charge is 2.69. The fourth-order valence-electron chi connectivity index (χ4n) is 9.68. The first-order chi connectivity index (χ1) is 21.2. The number of carbonyl (C=O) groups excluding carboxylic acids is 3. The standard InChI is InChI=1S/C38H52O6Si/c1-8-36(6)23-31(37(7)26(2)19-21-38(29(24-39)34(36)42)22-20-30(40)33(37)38)44-32(41)25-43-45(35(3,4)5,27-15-11-9-12-16-27)28-17-13-10-14-18-28/h9-18,24,26,29,31,33-34,42H,8,19-23,25H2,1-7H3/t26-,29-,31-,33?,34+,36+,37+,38+/m1/s1. The molecule has 0 saturated heterocycles. The molecule has 45 heavy (non-hydrogen) atoms. The summed E-state index contributed by atoms with van der Waals surface area (Å²) in [6.45, 7) is 14.6. The molecule has 0 spiro atoms. The number of aliphatic hydroxyl groups excluding tert-OH is 1. The smallest absolute Gasteiger partial charge is 0.331 e. The van der Waals surface area contributed by atoms with Crippen molar-refractivity contribution >= 4 is 36.7 Å². The number of aliphatic hydroxyl groups is 1. The fourth-order valence-corrected chi connectivity index (χ4v) is 14.2. The lowest BCUT2D eigenvalue weighted by molar-refractivity contribution is -0.212. The van der Waals surface area contributed by atoms with Crippen LogP contribution in [0.1, 0.15) is 87.0 Å². The highest BCUT2D eigenvalue weighted by molar-refractivity contribution is 6.99. The monoisotopic (exact) mass is 632 g/mol. The molecule has 0 aromatic heterocycles. The van der Waals surface area contributed by atoms with Gasteiger partial charge in [0.2, 0.25) is 0 Å². The summed E-state index contributed by atoms with van der Waals surface area (Å²) in [5.74, 6) is -1.30. The molecule has 8 atom stereocenters. The Balaban J connectivity index is 1.54. The van der Waals surface area contributed by atoms with E-state index in [4.69, 9.17) is 9.16 Å². The zero-order chi connectivity index (χ0) is 32.8. The molecule has 2 bridgehead atoms. The first kappa shape index (κ1) is 33.7. The molecule has 0 amide bonds. The molecule has 7 heteroatoms. The Kier molecular flexibility index (Phi) is 9.15. The van der Waals surface area contributed by atoms with E-state index in [1.54, 1.807) is 0 Å². The maximum Gasteiger partial charge on any atom is 0.331 e. The molecule has 3 aliphatic carbocycles. The quantitative estimate of drug-likeness (QED) is 0.222. The van der Waals surface area contributed by atoms with Crippen molar-refractivity contribution in [2.75, 3.05) is 6.61 Å². The van der Waals surface area contributed by atoms with Crippen molar-refractivity contribution in [3.05, 3.63) is 60.7 Å². The summed E-state index contributed by atoms with van der Waals surface area (Å²) < 4.78 is 13.5. The van der Waals surface area contributed by atoms with E-state index < -0.39 is 54.6 Å². The van der Waals surface area contributed by atoms with Gasteiger partial charge in [0.15, 0.2) is 0 Å². The number of benzene rings is 2. The Morgan fingerprint density at radius 1 is 1.02 bits per heavy atom. The highest BCUT2D eigenvalue weighted by atomic mass is 28.4. The first-order valence-electron chi connectivity index (χ1n) is 16.8. The van der Waals surface area contributed by atoms with Gasteiger partial charge in [0, 0.05) is 23.7 Å². The maximum atomic E-state index is 14.1. The predicted octanol–water partition coefficient (Wildman–Crippen LogP) is 5.87. The number of carbonyl (C=O) groups is 3. The van der Waals surface area contributed by atoms with Crippen molar-refractivity contribution in [2.24, 2.45) is 34.0 Å². The second kappa shape index (κ2) is 12.2. The lowest BCUT2D eigenvalue weighted by Crippen LogP contribution is -2.67. The van der Waals surface area contributed by atoms with Crippen LogP contribution in [0.5, 0.6) is 0 Å².